The minimum atomic E-state index is -2.77. The number of halogens is 3. The summed E-state index contributed by atoms with van der Waals surface area (Å²) in [6, 6.07) is 10.3. The number of aromatic nitrogens is 7. The van der Waals surface area contributed by atoms with Gasteiger partial charge in [-0.05, 0) is 40.2 Å². The number of para-hydroxylation sites is 1. The van der Waals surface area contributed by atoms with Crippen molar-refractivity contribution in [1.82, 2.24) is 34.3 Å². The normalized spacial score (nSPS) is 11.5. The monoisotopic (exact) mass is 484 g/mol. The molecular formula is C19H11BrF2N8O. The van der Waals surface area contributed by atoms with Crippen LogP contribution in [0.1, 0.15) is 6.55 Å². The van der Waals surface area contributed by atoms with E-state index in [-0.39, 0.29) is 17.5 Å². The Morgan fingerprint density at radius 2 is 1.97 bits per heavy atom. The molecule has 0 aliphatic rings. The van der Waals surface area contributed by atoms with Gasteiger partial charge in [0.05, 0.1) is 17.3 Å². The molecule has 0 amide bonds. The lowest BCUT2D eigenvalue weighted by Crippen LogP contribution is -2.11. The zero-order chi connectivity index (χ0) is 21.5. The first-order valence-corrected chi connectivity index (χ1v) is 9.70. The standard InChI is InChI=1S/C19H11BrF2N8O/c20-12-5-3-4-11-14(12)26-19(25-13-6-1-2-7-23-17(13)31)30-16(11)27-15(28-30)10-8-24-29(9-10)18(21)22/h1-9,18H,(H,23,25,26,31). The average molecular weight is 485 g/mol. The van der Waals surface area contributed by atoms with Gasteiger partial charge in [0.2, 0.25) is 5.95 Å². The molecule has 0 unspecified atom stereocenters. The summed E-state index contributed by atoms with van der Waals surface area (Å²) in [6.45, 7) is -2.77. The van der Waals surface area contributed by atoms with Gasteiger partial charge < -0.3 is 5.32 Å². The maximum atomic E-state index is 12.9. The summed E-state index contributed by atoms with van der Waals surface area (Å²) >= 11 is 3.48. The van der Waals surface area contributed by atoms with Crippen molar-refractivity contribution in [3.63, 3.8) is 0 Å². The Hall–Kier alpha value is -3.80. The van der Waals surface area contributed by atoms with Gasteiger partial charge in [-0.3, -0.25) is 4.79 Å². The highest BCUT2D eigenvalue weighted by Gasteiger charge is 2.18. The van der Waals surface area contributed by atoms with Crippen LogP contribution in [0.15, 0.2) is 64.3 Å². The molecule has 0 spiro atoms. The van der Waals surface area contributed by atoms with E-state index < -0.39 is 12.1 Å². The van der Waals surface area contributed by atoms with Gasteiger partial charge >= 0.3 is 6.55 Å². The lowest BCUT2D eigenvalue weighted by atomic mass is 10.2. The van der Waals surface area contributed by atoms with E-state index in [4.69, 9.17) is 0 Å². The second-order valence-corrected chi connectivity index (χ2v) is 7.26. The Labute approximate surface area is 180 Å². The number of nitrogens with one attached hydrogen (secondary N) is 1. The number of hydrogen-bond acceptors (Lipinski definition) is 7. The maximum Gasteiger partial charge on any atom is 0.333 e. The molecular weight excluding hydrogens is 474 g/mol. The molecule has 0 radical (unpaired) electrons. The average Bonchev–Trinajstić information content (AvgIpc) is 3.36. The summed E-state index contributed by atoms with van der Waals surface area (Å²) in [5, 5.41) is 11.7. The third kappa shape index (κ3) is 3.40. The van der Waals surface area contributed by atoms with Gasteiger partial charge in [0.1, 0.15) is 5.69 Å². The molecule has 1 aromatic carbocycles. The molecule has 0 atom stereocenters. The van der Waals surface area contributed by atoms with E-state index in [1.807, 2.05) is 18.2 Å². The largest absolute Gasteiger partial charge is 0.333 e. The van der Waals surface area contributed by atoms with Crippen LogP contribution in [-0.4, -0.2) is 34.3 Å². The molecule has 31 heavy (non-hydrogen) atoms. The zero-order valence-corrected chi connectivity index (χ0v) is 17.0. The van der Waals surface area contributed by atoms with E-state index in [1.54, 1.807) is 18.2 Å². The van der Waals surface area contributed by atoms with Crippen LogP contribution in [0.5, 0.6) is 0 Å². The van der Waals surface area contributed by atoms with Crippen molar-refractivity contribution in [1.29, 1.82) is 0 Å². The third-order valence-electron chi connectivity index (χ3n) is 4.44. The van der Waals surface area contributed by atoms with Crippen LogP contribution in [0.3, 0.4) is 0 Å². The van der Waals surface area contributed by atoms with Gasteiger partial charge in [-0.25, -0.2) is 19.6 Å². The molecule has 12 heteroatoms. The van der Waals surface area contributed by atoms with Crippen molar-refractivity contribution in [3.05, 3.63) is 69.8 Å². The molecule has 0 fully saturated rings. The highest BCUT2D eigenvalue weighted by atomic mass is 79.9. The van der Waals surface area contributed by atoms with Crippen LogP contribution in [-0.2, 0) is 0 Å². The molecule has 1 N–H and O–H groups in total. The number of benzene rings is 1. The van der Waals surface area contributed by atoms with Gasteiger partial charge in [0, 0.05) is 22.3 Å². The SMILES string of the molecule is O=c1nccccc1Nc1nc2c(Br)cccc2c2nc(-c3cnn(C(F)F)c3)nn12. The first-order valence-electron chi connectivity index (χ1n) is 8.91. The first-order chi connectivity index (χ1) is 15.0. The fourth-order valence-electron chi connectivity index (χ4n) is 3.03. The predicted molar refractivity (Wildman–Crippen MR) is 112 cm³/mol. The van der Waals surface area contributed by atoms with Gasteiger partial charge in [0.25, 0.3) is 5.56 Å². The van der Waals surface area contributed by atoms with Gasteiger partial charge in [-0.15, -0.1) is 5.10 Å². The van der Waals surface area contributed by atoms with Crippen LogP contribution >= 0.6 is 15.9 Å². The van der Waals surface area contributed by atoms with Crippen molar-refractivity contribution in [2.45, 2.75) is 6.55 Å². The Bertz CT molecular complexity index is 1500. The van der Waals surface area contributed by atoms with Gasteiger partial charge in [0.15, 0.2) is 11.5 Å². The third-order valence-corrected chi connectivity index (χ3v) is 5.08. The van der Waals surface area contributed by atoms with Crippen LogP contribution in [0, 0.1) is 0 Å². The summed E-state index contributed by atoms with van der Waals surface area (Å²) < 4.78 is 28.5. The van der Waals surface area contributed by atoms with E-state index >= 15 is 0 Å². The molecule has 0 aliphatic heterocycles. The predicted octanol–water partition coefficient (Wildman–Crippen LogP) is 3.80. The first kappa shape index (κ1) is 19.2. The van der Waals surface area contributed by atoms with Crippen LogP contribution in [0.4, 0.5) is 20.4 Å². The zero-order valence-electron chi connectivity index (χ0n) is 15.4. The minimum Gasteiger partial charge on any atom is -0.319 e. The molecule has 0 saturated carbocycles. The Morgan fingerprint density at radius 3 is 2.77 bits per heavy atom. The van der Waals surface area contributed by atoms with Crippen LogP contribution in [0.2, 0.25) is 0 Å². The summed E-state index contributed by atoms with van der Waals surface area (Å²) in [6.07, 6.45) is 3.81. The smallest absolute Gasteiger partial charge is 0.319 e. The van der Waals surface area contributed by atoms with E-state index in [1.165, 1.54) is 16.9 Å². The molecule has 154 valence electrons. The second-order valence-electron chi connectivity index (χ2n) is 6.40. The fourth-order valence-corrected chi connectivity index (χ4v) is 3.48. The Kier molecular flexibility index (Phi) is 4.62. The number of fused-ring (bicyclic) bond motifs is 3. The molecule has 5 aromatic rings. The molecule has 0 bridgehead atoms. The number of hydrogen-bond donors (Lipinski definition) is 1. The Balaban J connectivity index is 1.75. The van der Waals surface area contributed by atoms with E-state index in [0.29, 0.717) is 31.3 Å². The maximum absolute atomic E-state index is 12.9. The van der Waals surface area contributed by atoms with Gasteiger partial charge in [-0.2, -0.15) is 18.4 Å². The van der Waals surface area contributed by atoms with E-state index in [9.17, 15) is 13.6 Å². The highest BCUT2D eigenvalue weighted by molar-refractivity contribution is 9.10. The van der Waals surface area contributed by atoms with Crippen molar-refractivity contribution < 1.29 is 8.78 Å². The molecule has 9 nitrogen and oxygen atoms in total. The number of anilines is 2. The van der Waals surface area contributed by atoms with Gasteiger partial charge in [-0.1, -0.05) is 12.1 Å². The van der Waals surface area contributed by atoms with E-state index in [0.717, 1.165) is 6.20 Å². The second kappa shape index (κ2) is 7.47. The van der Waals surface area contributed by atoms with E-state index in [2.05, 4.69) is 46.4 Å². The molecule has 0 saturated heterocycles. The number of nitrogens with zero attached hydrogens (tertiary/aromatic N) is 7. The molecule has 4 heterocycles. The summed E-state index contributed by atoms with van der Waals surface area (Å²) in [4.78, 5) is 25.1. The lowest BCUT2D eigenvalue weighted by molar-refractivity contribution is 0.0566. The molecule has 5 rings (SSSR count). The summed E-state index contributed by atoms with van der Waals surface area (Å²) in [5.74, 6) is 0.391. The molecule has 4 aromatic heterocycles. The van der Waals surface area contributed by atoms with Crippen LogP contribution < -0.4 is 10.9 Å². The highest BCUT2D eigenvalue weighted by Crippen LogP contribution is 2.29. The van der Waals surface area contributed by atoms with Crippen molar-refractivity contribution >= 4 is 44.1 Å². The van der Waals surface area contributed by atoms with Crippen molar-refractivity contribution in [3.8, 4) is 11.4 Å². The lowest BCUT2D eigenvalue weighted by Gasteiger charge is -2.08. The Morgan fingerprint density at radius 1 is 1.10 bits per heavy atom. The minimum absolute atomic E-state index is 0.184. The van der Waals surface area contributed by atoms with Crippen molar-refractivity contribution in [2.75, 3.05) is 5.32 Å². The summed E-state index contributed by atoms with van der Waals surface area (Å²) in [7, 11) is 0. The topological polar surface area (TPSA) is 103 Å². The number of alkyl halides is 2. The molecule has 0 aliphatic carbocycles. The van der Waals surface area contributed by atoms with Crippen LogP contribution in [0.25, 0.3) is 27.9 Å². The van der Waals surface area contributed by atoms with Crippen molar-refractivity contribution in [2.24, 2.45) is 0 Å². The number of rotatable bonds is 4. The fraction of sp³-hybridized carbons (Fsp3) is 0.0526. The quantitative estimate of drug-likeness (QED) is 0.413. The summed E-state index contributed by atoms with van der Waals surface area (Å²) in [5.41, 5.74) is 1.03.